The van der Waals surface area contributed by atoms with Gasteiger partial charge in [-0.3, -0.25) is 4.79 Å². The number of ether oxygens (including phenoxy) is 1. The fraction of sp³-hybridized carbons (Fsp3) is 0.938. The van der Waals surface area contributed by atoms with E-state index in [1.54, 1.807) is 0 Å². The maximum absolute atomic E-state index is 11.7. The summed E-state index contributed by atoms with van der Waals surface area (Å²) >= 11 is 0. The fourth-order valence-electron chi connectivity index (χ4n) is 3.61. The Kier molecular flexibility index (Phi) is 6.30. The van der Waals surface area contributed by atoms with Crippen LogP contribution in [0.5, 0.6) is 0 Å². The second-order valence-electron chi connectivity index (χ2n) is 6.37. The number of β-amino-alcohol motifs (C(OH)–C–C–N with tert-alkyl or cyclic N) is 1. The van der Waals surface area contributed by atoms with Crippen molar-refractivity contribution in [1.29, 1.82) is 0 Å². The quantitative estimate of drug-likeness (QED) is 0.759. The molecule has 1 heterocycles. The third-order valence-electron chi connectivity index (χ3n) is 4.76. The van der Waals surface area contributed by atoms with Crippen molar-refractivity contribution in [1.82, 2.24) is 4.90 Å². The molecule has 4 nitrogen and oxygen atoms in total. The monoisotopic (exact) mass is 283 g/mol. The maximum atomic E-state index is 11.7. The number of piperidine rings is 1. The van der Waals surface area contributed by atoms with Crippen LogP contribution in [0.25, 0.3) is 0 Å². The van der Waals surface area contributed by atoms with E-state index in [0.29, 0.717) is 6.61 Å². The third-order valence-corrected chi connectivity index (χ3v) is 4.76. The van der Waals surface area contributed by atoms with Gasteiger partial charge in [0.05, 0.1) is 18.6 Å². The zero-order valence-electron chi connectivity index (χ0n) is 12.7. The minimum atomic E-state index is -0.197. The molecule has 0 aromatic heterocycles. The van der Waals surface area contributed by atoms with Gasteiger partial charge in [0, 0.05) is 6.54 Å². The van der Waals surface area contributed by atoms with Crippen LogP contribution < -0.4 is 0 Å². The number of aliphatic hydroxyl groups is 1. The molecular formula is C16H29NO3. The minimum absolute atomic E-state index is 0.0429. The van der Waals surface area contributed by atoms with Crippen LogP contribution in [-0.2, 0) is 9.53 Å². The molecule has 2 aliphatic rings. The molecule has 0 bridgehead atoms. The van der Waals surface area contributed by atoms with E-state index in [9.17, 15) is 9.90 Å². The maximum Gasteiger partial charge on any atom is 0.309 e. The van der Waals surface area contributed by atoms with Gasteiger partial charge < -0.3 is 14.7 Å². The van der Waals surface area contributed by atoms with Gasteiger partial charge in [0.15, 0.2) is 0 Å². The standard InChI is InChI=1S/C16H29NO3/c1-2-20-16(19)14-7-9-17(10-8-14)12-15(18)11-13-5-3-4-6-13/h13-15,18H,2-12H2,1H3. The Morgan fingerprint density at radius 1 is 1.25 bits per heavy atom. The molecule has 1 saturated carbocycles. The average Bonchev–Trinajstić information content (AvgIpc) is 2.92. The van der Waals surface area contributed by atoms with E-state index in [2.05, 4.69) is 4.90 Å². The Bertz CT molecular complexity index is 294. The average molecular weight is 283 g/mol. The number of hydrogen-bond donors (Lipinski definition) is 1. The normalized spacial score (nSPS) is 23.9. The van der Waals surface area contributed by atoms with Gasteiger partial charge in [0.2, 0.25) is 0 Å². The summed E-state index contributed by atoms with van der Waals surface area (Å²) in [7, 11) is 0. The van der Waals surface area contributed by atoms with Crippen LogP contribution in [0.1, 0.15) is 51.9 Å². The molecule has 0 amide bonds. The van der Waals surface area contributed by atoms with Gasteiger partial charge in [0.1, 0.15) is 0 Å². The number of nitrogens with zero attached hydrogens (tertiary/aromatic N) is 1. The van der Waals surface area contributed by atoms with Crippen LogP contribution in [-0.4, -0.2) is 48.3 Å². The lowest BCUT2D eigenvalue weighted by atomic mass is 9.95. The Balaban J connectivity index is 1.64. The van der Waals surface area contributed by atoms with E-state index in [1.807, 2.05) is 6.92 Å². The minimum Gasteiger partial charge on any atom is -0.466 e. The molecule has 0 aromatic carbocycles. The van der Waals surface area contributed by atoms with Crippen molar-refractivity contribution in [2.75, 3.05) is 26.2 Å². The van der Waals surface area contributed by atoms with Crippen molar-refractivity contribution in [3.05, 3.63) is 0 Å². The second-order valence-corrected chi connectivity index (χ2v) is 6.37. The van der Waals surface area contributed by atoms with Crippen molar-refractivity contribution in [2.24, 2.45) is 11.8 Å². The van der Waals surface area contributed by atoms with E-state index in [1.165, 1.54) is 25.7 Å². The Hall–Kier alpha value is -0.610. The van der Waals surface area contributed by atoms with Crippen LogP contribution >= 0.6 is 0 Å². The van der Waals surface area contributed by atoms with Gasteiger partial charge in [-0.2, -0.15) is 0 Å². The summed E-state index contributed by atoms with van der Waals surface area (Å²) in [4.78, 5) is 14.0. The molecule has 1 aliphatic carbocycles. The molecule has 1 aliphatic heterocycles. The van der Waals surface area contributed by atoms with Gasteiger partial charge in [-0.25, -0.2) is 0 Å². The summed E-state index contributed by atoms with van der Waals surface area (Å²) < 4.78 is 5.08. The largest absolute Gasteiger partial charge is 0.466 e. The molecule has 2 rings (SSSR count). The van der Waals surface area contributed by atoms with Crippen molar-refractivity contribution in [2.45, 2.75) is 58.0 Å². The molecule has 20 heavy (non-hydrogen) atoms. The van der Waals surface area contributed by atoms with Crippen molar-refractivity contribution < 1.29 is 14.6 Å². The fourth-order valence-corrected chi connectivity index (χ4v) is 3.61. The first-order valence-corrected chi connectivity index (χ1v) is 8.26. The highest BCUT2D eigenvalue weighted by atomic mass is 16.5. The van der Waals surface area contributed by atoms with Crippen LogP contribution in [0, 0.1) is 11.8 Å². The Morgan fingerprint density at radius 3 is 2.50 bits per heavy atom. The lowest BCUT2D eigenvalue weighted by molar-refractivity contribution is -0.149. The highest BCUT2D eigenvalue weighted by Gasteiger charge is 2.27. The third kappa shape index (κ3) is 4.74. The van der Waals surface area contributed by atoms with Crippen LogP contribution in [0.15, 0.2) is 0 Å². The SMILES string of the molecule is CCOC(=O)C1CCN(CC(O)CC2CCCC2)CC1. The summed E-state index contributed by atoms with van der Waals surface area (Å²) in [5.74, 6) is 0.763. The molecule has 1 atom stereocenters. The van der Waals surface area contributed by atoms with E-state index < -0.39 is 0 Å². The molecule has 1 saturated heterocycles. The lowest BCUT2D eigenvalue weighted by Crippen LogP contribution is -2.41. The lowest BCUT2D eigenvalue weighted by Gasteiger charge is -2.32. The van der Waals surface area contributed by atoms with E-state index in [0.717, 1.165) is 44.8 Å². The summed E-state index contributed by atoms with van der Waals surface area (Å²) in [5.41, 5.74) is 0. The van der Waals surface area contributed by atoms with Crippen molar-refractivity contribution >= 4 is 5.97 Å². The molecule has 2 fully saturated rings. The molecule has 0 aromatic rings. The molecule has 0 spiro atoms. The smallest absolute Gasteiger partial charge is 0.309 e. The highest BCUT2D eigenvalue weighted by Crippen LogP contribution is 2.29. The summed E-state index contributed by atoms with van der Waals surface area (Å²) in [6.07, 6.45) is 7.76. The number of esters is 1. The number of carbonyl (C=O) groups excluding carboxylic acids is 1. The van der Waals surface area contributed by atoms with Crippen molar-refractivity contribution in [3.8, 4) is 0 Å². The summed E-state index contributed by atoms with van der Waals surface area (Å²) in [6, 6.07) is 0. The highest BCUT2D eigenvalue weighted by molar-refractivity contribution is 5.72. The van der Waals surface area contributed by atoms with Gasteiger partial charge in [0.25, 0.3) is 0 Å². The number of aliphatic hydroxyl groups excluding tert-OH is 1. The van der Waals surface area contributed by atoms with Crippen LogP contribution in [0.4, 0.5) is 0 Å². The molecular weight excluding hydrogens is 254 g/mol. The van der Waals surface area contributed by atoms with Gasteiger partial charge in [-0.15, -0.1) is 0 Å². The first kappa shape index (κ1) is 15.8. The van der Waals surface area contributed by atoms with Gasteiger partial charge in [-0.05, 0) is 45.2 Å². The zero-order chi connectivity index (χ0) is 14.4. The first-order chi connectivity index (χ1) is 9.69. The number of rotatable bonds is 6. The van der Waals surface area contributed by atoms with Gasteiger partial charge in [-0.1, -0.05) is 25.7 Å². The van der Waals surface area contributed by atoms with Gasteiger partial charge >= 0.3 is 5.97 Å². The second kappa shape index (κ2) is 7.99. The Labute approximate surface area is 122 Å². The number of carbonyl (C=O) groups is 1. The predicted octanol–water partition coefficient (Wildman–Crippen LogP) is 2.20. The first-order valence-electron chi connectivity index (χ1n) is 8.26. The topological polar surface area (TPSA) is 49.8 Å². The van der Waals surface area contributed by atoms with E-state index >= 15 is 0 Å². The Morgan fingerprint density at radius 2 is 1.90 bits per heavy atom. The molecule has 4 heteroatoms. The molecule has 0 radical (unpaired) electrons. The summed E-state index contributed by atoms with van der Waals surface area (Å²) in [6.45, 7) is 4.91. The van der Waals surface area contributed by atoms with Crippen LogP contribution in [0.2, 0.25) is 0 Å². The number of likely N-dealkylation sites (tertiary alicyclic amines) is 1. The zero-order valence-corrected chi connectivity index (χ0v) is 12.7. The van der Waals surface area contributed by atoms with E-state index in [-0.39, 0.29) is 18.0 Å². The molecule has 1 N–H and O–H groups in total. The predicted molar refractivity (Wildman–Crippen MR) is 78.4 cm³/mol. The molecule has 1 unspecified atom stereocenters. The van der Waals surface area contributed by atoms with Crippen LogP contribution in [0.3, 0.4) is 0 Å². The summed E-state index contributed by atoms with van der Waals surface area (Å²) in [5, 5.41) is 10.2. The number of hydrogen-bond acceptors (Lipinski definition) is 4. The van der Waals surface area contributed by atoms with E-state index in [4.69, 9.17) is 4.74 Å². The molecule has 116 valence electrons. The van der Waals surface area contributed by atoms with Crippen molar-refractivity contribution in [3.63, 3.8) is 0 Å².